The molecule has 2 aliphatic rings. The molecule has 3 rings (SSSR count). The second-order valence-corrected chi connectivity index (χ2v) is 5.36. The van der Waals surface area contributed by atoms with E-state index in [1.807, 2.05) is 9.80 Å². The van der Waals surface area contributed by atoms with Gasteiger partial charge in [0.05, 0.1) is 12.5 Å². The standard InChI is InChI=1S/C13H19N5O3/c14-13-15-10(7-11(19)16-13)17-2-4-18(5-3-17)12(20)9-1-6-21-8-9/h7,9H,1-6,8H2,(H3,14,15,16,19)/t9-/m1/s1. The number of hydrogen-bond acceptors (Lipinski definition) is 6. The van der Waals surface area contributed by atoms with Crippen molar-refractivity contribution in [3.8, 4) is 0 Å². The van der Waals surface area contributed by atoms with E-state index >= 15 is 0 Å². The summed E-state index contributed by atoms with van der Waals surface area (Å²) < 4.78 is 5.27. The number of amides is 1. The summed E-state index contributed by atoms with van der Waals surface area (Å²) in [7, 11) is 0. The van der Waals surface area contributed by atoms with Crippen molar-refractivity contribution in [3.63, 3.8) is 0 Å². The third-order valence-electron chi connectivity index (χ3n) is 3.94. The number of aromatic amines is 1. The van der Waals surface area contributed by atoms with Crippen molar-refractivity contribution < 1.29 is 9.53 Å². The molecule has 1 aromatic heterocycles. The topological polar surface area (TPSA) is 105 Å². The third kappa shape index (κ3) is 2.99. The van der Waals surface area contributed by atoms with Crippen LogP contribution in [0.1, 0.15) is 6.42 Å². The van der Waals surface area contributed by atoms with Gasteiger partial charge < -0.3 is 20.3 Å². The van der Waals surface area contributed by atoms with E-state index < -0.39 is 0 Å². The first-order valence-electron chi connectivity index (χ1n) is 7.12. The Morgan fingerprint density at radius 3 is 2.76 bits per heavy atom. The average molecular weight is 293 g/mol. The van der Waals surface area contributed by atoms with E-state index in [4.69, 9.17) is 10.5 Å². The normalized spacial score (nSPS) is 22.6. The summed E-state index contributed by atoms with van der Waals surface area (Å²) >= 11 is 0. The number of H-pyrrole nitrogens is 1. The minimum absolute atomic E-state index is 0.00453. The van der Waals surface area contributed by atoms with Gasteiger partial charge in [-0.15, -0.1) is 0 Å². The van der Waals surface area contributed by atoms with Gasteiger partial charge >= 0.3 is 0 Å². The number of carbonyl (C=O) groups is 1. The number of nitrogens with two attached hydrogens (primary N) is 1. The smallest absolute Gasteiger partial charge is 0.254 e. The summed E-state index contributed by atoms with van der Waals surface area (Å²) in [6, 6.07) is 1.43. The molecule has 8 heteroatoms. The van der Waals surface area contributed by atoms with E-state index in [1.165, 1.54) is 6.07 Å². The zero-order valence-electron chi connectivity index (χ0n) is 11.7. The molecule has 3 N–H and O–H groups in total. The first-order valence-corrected chi connectivity index (χ1v) is 7.12. The molecule has 8 nitrogen and oxygen atoms in total. The number of nitrogens with one attached hydrogen (secondary N) is 1. The number of nitrogen functional groups attached to an aromatic ring is 1. The van der Waals surface area contributed by atoms with Crippen molar-refractivity contribution in [2.45, 2.75) is 6.42 Å². The summed E-state index contributed by atoms with van der Waals surface area (Å²) in [5.41, 5.74) is 5.29. The second kappa shape index (κ2) is 5.72. The summed E-state index contributed by atoms with van der Waals surface area (Å²) in [5.74, 6) is 0.849. The Morgan fingerprint density at radius 2 is 2.14 bits per heavy atom. The van der Waals surface area contributed by atoms with Crippen molar-refractivity contribution in [1.82, 2.24) is 14.9 Å². The molecule has 1 atom stereocenters. The predicted octanol–water partition coefficient (Wildman–Crippen LogP) is -0.963. The van der Waals surface area contributed by atoms with Crippen LogP contribution in [0.2, 0.25) is 0 Å². The molecule has 0 aliphatic carbocycles. The maximum atomic E-state index is 12.3. The molecule has 0 saturated carbocycles. The fraction of sp³-hybridized carbons (Fsp3) is 0.615. The van der Waals surface area contributed by atoms with Crippen LogP contribution in [-0.4, -0.2) is 60.2 Å². The van der Waals surface area contributed by atoms with Crippen LogP contribution in [0.25, 0.3) is 0 Å². The lowest BCUT2D eigenvalue weighted by molar-refractivity contribution is -0.135. The van der Waals surface area contributed by atoms with Gasteiger partial charge in [0.2, 0.25) is 11.9 Å². The van der Waals surface area contributed by atoms with Gasteiger partial charge in [-0.2, -0.15) is 4.98 Å². The third-order valence-corrected chi connectivity index (χ3v) is 3.94. The lowest BCUT2D eigenvalue weighted by Crippen LogP contribution is -2.51. The zero-order valence-corrected chi connectivity index (χ0v) is 11.7. The Hall–Kier alpha value is -2.09. The number of piperazine rings is 1. The van der Waals surface area contributed by atoms with Crippen LogP contribution in [0.4, 0.5) is 11.8 Å². The predicted molar refractivity (Wildman–Crippen MR) is 77.0 cm³/mol. The quantitative estimate of drug-likeness (QED) is 0.727. The summed E-state index contributed by atoms with van der Waals surface area (Å²) in [4.78, 5) is 34.1. The molecule has 114 valence electrons. The Bertz CT molecular complexity index is 573. The zero-order chi connectivity index (χ0) is 14.8. The van der Waals surface area contributed by atoms with E-state index in [1.54, 1.807) is 0 Å². The van der Waals surface area contributed by atoms with Crippen LogP contribution in [0.3, 0.4) is 0 Å². The number of nitrogens with zero attached hydrogens (tertiary/aromatic N) is 3. The van der Waals surface area contributed by atoms with Crippen molar-refractivity contribution >= 4 is 17.7 Å². The second-order valence-electron chi connectivity index (χ2n) is 5.36. The van der Waals surface area contributed by atoms with Crippen LogP contribution >= 0.6 is 0 Å². The van der Waals surface area contributed by atoms with Gasteiger partial charge in [-0.25, -0.2) is 0 Å². The Balaban J connectivity index is 1.62. The lowest BCUT2D eigenvalue weighted by atomic mass is 10.1. The highest BCUT2D eigenvalue weighted by Gasteiger charge is 2.30. The number of aromatic nitrogens is 2. The van der Waals surface area contributed by atoms with Gasteiger partial charge in [0.25, 0.3) is 5.56 Å². The van der Waals surface area contributed by atoms with Crippen LogP contribution in [-0.2, 0) is 9.53 Å². The highest BCUT2D eigenvalue weighted by atomic mass is 16.5. The van der Waals surface area contributed by atoms with Gasteiger partial charge in [0.15, 0.2) is 0 Å². The SMILES string of the molecule is Nc1nc(N2CCN(C(=O)[C@@H]3CCOC3)CC2)cc(=O)[nH]1. The number of anilines is 2. The highest BCUT2D eigenvalue weighted by molar-refractivity contribution is 5.79. The minimum atomic E-state index is -0.265. The molecule has 1 aromatic rings. The van der Waals surface area contributed by atoms with Gasteiger partial charge in [-0.3, -0.25) is 14.6 Å². The molecule has 0 bridgehead atoms. The molecular formula is C13H19N5O3. The van der Waals surface area contributed by atoms with Gasteiger partial charge in [-0.05, 0) is 6.42 Å². The molecule has 2 fully saturated rings. The highest BCUT2D eigenvalue weighted by Crippen LogP contribution is 2.18. The summed E-state index contributed by atoms with van der Waals surface area (Å²) in [6.07, 6.45) is 0.811. The van der Waals surface area contributed by atoms with Crippen molar-refractivity contribution in [2.24, 2.45) is 5.92 Å². The summed E-state index contributed by atoms with van der Waals surface area (Å²) in [6.45, 7) is 3.76. The van der Waals surface area contributed by atoms with Gasteiger partial charge in [-0.1, -0.05) is 0 Å². The molecule has 1 amide bonds. The minimum Gasteiger partial charge on any atom is -0.381 e. The molecule has 2 saturated heterocycles. The van der Waals surface area contributed by atoms with Crippen LogP contribution in [0, 0.1) is 5.92 Å². The van der Waals surface area contributed by atoms with Gasteiger partial charge in [0.1, 0.15) is 5.82 Å². The monoisotopic (exact) mass is 293 g/mol. The average Bonchev–Trinajstić information content (AvgIpc) is 3.00. The van der Waals surface area contributed by atoms with Crippen molar-refractivity contribution in [2.75, 3.05) is 50.0 Å². The first kappa shape index (κ1) is 13.9. The van der Waals surface area contributed by atoms with Gasteiger partial charge in [0, 0.05) is 38.9 Å². The van der Waals surface area contributed by atoms with E-state index in [2.05, 4.69) is 9.97 Å². The fourth-order valence-corrected chi connectivity index (χ4v) is 2.77. The van der Waals surface area contributed by atoms with Crippen LogP contribution in [0.5, 0.6) is 0 Å². The molecule has 0 spiro atoms. The lowest BCUT2D eigenvalue weighted by Gasteiger charge is -2.36. The maximum absolute atomic E-state index is 12.3. The fourth-order valence-electron chi connectivity index (χ4n) is 2.77. The maximum Gasteiger partial charge on any atom is 0.254 e. The number of hydrogen-bond donors (Lipinski definition) is 2. The van der Waals surface area contributed by atoms with Crippen molar-refractivity contribution in [1.29, 1.82) is 0 Å². The van der Waals surface area contributed by atoms with E-state index in [0.29, 0.717) is 45.2 Å². The molecular weight excluding hydrogens is 274 g/mol. The van der Waals surface area contributed by atoms with Crippen LogP contribution < -0.4 is 16.2 Å². The Morgan fingerprint density at radius 1 is 1.38 bits per heavy atom. The summed E-state index contributed by atoms with van der Waals surface area (Å²) in [5, 5.41) is 0. The molecule has 0 radical (unpaired) electrons. The largest absolute Gasteiger partial charge is 0.381 e. The van der Waals surface area contributed by atoms with Crippen LogP contribution in [0.15, 0.2) is 10.9 Å². The Labute approximate surface area is 121 Å². The Kier molecular flexibility index (Phi) is 3.78. The molecule has 2 aliphatic heterocycles. The molecule has 21 heavy (non-hydrogen) atoms. The number of ether oxygens (including phenoxy) is 1. The van der Waals surface area contributed by atoms with E-state index in [9.17, 15) is 9.59 Å². The van der Waals surface area contributed by atoms with Crippen molar-refractivity contribution in [3.05, 3.63) is 16.4 Å². The van der Waals surface area contributed by atoms with E-state index in [0.717, 1.165) is 6.42 Å². The molecule has 0 unspecified atom stereocenters. The first-order chi connectivity index (χ1) is 10.1. The molecule has 0 aromatic carbocycles. The number of carbonyl (C=O) groups excluding carboxylic acids is 1. The number of rotatable bonds is 2. The van der Waals surface area contributed by atoms with E-state index in [-0.39, 0.29) is 23.3 Å². The molecule has 3 heterocycles.